The highest BCUT2D eigenvalue weighted by molar-refractivity contribution is 6.33. The summed E-state index contributed by atoms with van der Waals surface area (Å²) in [5.74, 6) is 0.930. The first-order chi connectivity index (χ1) is 7.13. The van der Waals surface area contributed by atoms with Crippen molar-refractivity contribution in [1.29, 1.82) is 0 Å². The van der Waals surface area contributed by atoms with E-state index in [0.717, 1.165) is 6.54 Å². The summed E-state index contributed by atoms with van der Waals surface area (Å²) in [5.41, 5.74) is 0. The Morgan fingerprint density at radius 1 is 1.53 bits per heavy atom. The Morgan fingerprint density at radius 3 is 2.93 bits per heavy atom. The third kappa shape index (κ3) is 4.20. The number of halogens is 2. The number of hydrogen-bond donors (Lipinski definition) is 1. The highest BCUT2D eigenvalue weighted by atomic mass is 35.5. The molecule has 1 N–H and O–H groups in total. The van der Waals surface area contributed by atoms with Gasteiger partial charge in [0.2, 0.25) is 5.28 Å². The Hall–Kier alpha value is -0.580. The number of nitrogens with zero attached hydrogens (tertiary/aromatic N) is 2. The third-order valence-corrected chi connectivity index (χ3v) is 2.24. The molecule has 0 saturated carbocycles. The van der Waals surface area contributed by atoms with Gasteiger partial charge in [-0.15, -0.1) is 0 Å². The van der Waals surface area contributed by atoms with Crippen molar-refractivity contribution in [1.82, 2.24) is 9.97 Å². The maximum atomic E-state index is 5.88. The summed E-state index contributed by atoms with van der Waals surface area (Å²) in [4.78, 5) is 7.74. The van der Waals surface area contributed by atoms with E-state index in [2.05, 4.69) is 22.2 Å². The zero-order valence-electron chi connectivity index (χ0n) is 8.63. The number of methoxy groups -OCH3 is 1. The van der Waals surface area contributed by atoms with Crippen LogP contribution in [0.4, 0.5) is 5.82 Å². The van der Waals surface area contributed by atoms with E-state index in [1.54, 1.807) is 7.11 Å². The van der Waals surface area contributed by atoms with Gasteiger partial charge in [0.1, 0.15) is 10.8 Å². The van der Waals surface area contributed by atoms with Gasteiger partial charge in [-0.25, -0.2) is 4.98 Å². The fourth-order valence-electron chi connectivity index (χ4n) is 1.08. The van der Waals surface area contributed by atoms with E-state index < -0.39 is 0 Å². The second-order valence-corrected chi connectivity index (χ2v) is 4.02. The predicted molar refractivity (Wildman–Crippen MR) is 61.6 cm³/mol. The van der Waals surface area contributed by atoms with Gasteiger partial charge < -0.3 is 10.1 Å². The van der Waals surface area contributed by atoms with E-state index in [9.17, 15) is 0 Å². The largest absolute Gasteiger partial charge is 0.384 e. The summed E-state index contributed by atoms with van der Waals surface area (Å²) in [6, 6.07) is 0. The molecule has 0 aliphatic heterocycles. The summed E-state index contributed by atoms with van der Waals surface area (Å²) in [7, 11) is 1.67. The first kappa shape index (κ1) is 12.5. The minimum absolute atomic E-state index is 0.182. The molecule has 0 amide bonds. The number of anilines is 1. The molecular weight excluding hydrogens is 237 g/mol. The van der Waals surface area contributed by atoms with Crippen LogP contribution in [0.5, 0.6) is 0 Å². The average molecular weight is 250 g/mol. The normalized spacial score (nSPS) is 12.5. The second-order valence-electron chi connectivity index (χ2n) is 3.28. The zero-order chi connectivity index (χ0) is 11.3. The minimum Gasteiger partial charge on any atom is -0.384 e. The first-order valence-electron chi connectivity index (χ1n) is 4.54. The van der Waals surface area contributed by atoms with Gasteiger partial charge in [0.05, 0.1) is 12.8 Å². The van der Waals surface area contributed by atoms with Gasteiger partial charge in [0, 0.05) is 13.7 Å². The molecule has 0 aromatic carbocycles. The Morgan fingerprint density at radius 2 is 2.27 bits per heavy atom. The summed E-state index contributed by atoms with van der Waals surface area (Å²) < 4.78 is 5.01. The van der Waals surface area contributed by atoms with Gasteiger partial charge in [-0.3, -0.25) is 0 Å². The Labute approximate surface area is 99.0 Å². The molecule has 1 rings (SSSR count). The topological polar surface area (TPSA) is 47.0 Å². The van der Waals surface area contributed by atoms with Crippen LogP contribution >= 0.6 is 23.2 Å². The van der Waals surface area contributed by atoms with Gasteiger partial charge in [-0.1, -0.05) is 18.5 Å². The quantitative estimate of drug-likeness (QED) is 0.815. The van der Waals surface area contributed by atoms with Gasteiger partial charge in [-0.2, -0.15) is 4.98 Å². The van der Waals surface area contributed by atoms with Crippen molar-refractivity contribution in [3.63, 3.8) is 0 Å². The van der Waals surface area contributed by atoms with Crippen molar-refractivity contribution in [3.05, 3.63) is 16.5 Å². The van der Waals surface area contributed by atoms with Crippen LogP contribution in [-0.4, -0.2) is 30.2 Å². The lowest BCUT2D eigenvalue weighted by molar-refractivity contribution is 0.164. The van der Waals surface area contributed by atoms with E-state index in [4.69, 9.17) is 27.9 Å². The SMILES string of the molecule is COCC(C)CNc1nc(Cl)ncc1Cl. The Balaban J connectivity index is 2.53. The standard InChI is InChI=1S/C9H13Cl2N3O/c1-6(5-15-2)3-12-8-7(10)4-13-9(11)14-8/h4,6H,3,5H2,1-2H3,(H,12,13,14). The molecule has 1 aromatic rings. The number of hydrogen-bond acceptors (Lipinski definition) is 4. The molecule has 1 heterocycles. The van der Waals surface area contributed by atoms with Crippen LogP contribution < -0.4 is 5.32 Å². The van der Waals surface area contributed by atoms with Crippen LogP contribution in [0.2, 0.25) is 10.3 Å². The number of nitrogens with one attached hydrogen (secondary N) is 1. The molecule has 1 atom stereocenters. The van der Waals surface area contributed by atoms with Crippen molar-refractivity contribution in [2.75, 3.05) is 25.6 Å². The maximum absolute atomic E-state index is 5.88. The molecule has 0 saturated heterocycles. The van der Waals surface area contributed by atoms with E-state index in [1.165, 1.54) is 6.20 Å². The highest BCUT2D eigenvalue weighted by Crippen LogP contribution is 2.19. The monoisotopic (exact) mass is 249 g/mol. The molecular formula is C9H13Cl2N3O. The molecule has 0 aliphatic carbocycles. The van der Waals surface area contributed by atoms with Gasteiger partial charge >= 0.3 is 0 Å². The van der Waals surface area contributed by atoms with Crippen LogP contribution in [0.3, 0.4) is 0 Å². The fourth-order valence-corrected chi connectivity index (χ4v) is 1.38. The summed E-state index contributed by atoms with van der Waals surface area (Å²) >= 11 is 11.5. The van der Waals surface area contributed by atoms with Gasteiger partial charge in [0.25, 0.3) is 0 Å². The van der Waals surface area contributed by atoms with Crippen LogP contribution in [-0.2, 0) is 4.74 Å². The lowest BCUT2D eigenvalue weighted by Gasteiger charge is -2.12. The average Bonchev–Trinajstić information content (AvgIpc) is 2.20. The van der Waals surface area contributed by atoms with Crippen molar-refractivity contribution < 1.29 is 4.74 Å². The lowest BCUT2D eigenvalue weighted by Crippen LogP contribution is -2.16. The van der Waals surface area contributed by atoms with Crippen LogP contribution in [0, 0.1) is 5.92 Å². The summed E-state index contributed by atoms with van der Waals surface area (Å²) in [6.45, 7) is 3.47. The predicted octanol–water partition coefficient (Wildman–Crippen LogP) is 2.48. The first-order valence-corrected chi connectivity index (χ1v) is 5.30. The molecule has 0 bridgehead atoms. The highest BCUT2D eigenvalue weighted by Gasteiger charge is 2.06. The van der Waals surface area contributed by atoms with E-state index in [-0.39, 0.29) is 5.28 Å². The smallest absolute Gasteiger partial charge is 0.224 e. The third-order valence-electron chi connectivity index (χ3n) is 1.78. The molecule has 0 fully saturated rings. The number of aromatic nitrogens is 2. The molecule has 84 valence electrons. The van der Waals surface area contributed by atoms with Gasteiger partial charge in [0.15, 0.2) is 0 Å². The lowest BCUT2D eigenvalue weighted by atomic mass is 10.2. The maximum Gasteiger partial charge on any atom is 0.224 e. The van der Waals surface area contributed by atoms with Crippen molar-refractivity contribution in [3.8, 4) is 0 Å². The van der Waals surface area contributed by atoms with Crippen LogP contribution in [0.25, 0.3) is 0 Å². The van der Waals surface area contributed by atoms with Crippen molar-refractivity contribution in [2.24, 2.45) is 5.92 Å². The van der Waals surface area contributed by atoms with Crippen molar-refractivity contribution in [2.45, 2.75) is 6.92 Å². The summed E-state index contributed by atoms with van der Waals surface area (Å²) in [5, 5.41) is 3.73. The molecule has 6 heteroatoms. The molecule has 0 aliphatic rings. The fraction of sp³-hybridized carbons (Fsp3) is 0.556. The van der Waals surface area contributed by atoms with E-state index in [0.29, 0.717) is 23.4 Å². The van der Waals surface area contributed by atoms with Crippen LogP contribution in [0.15, 0.2) is 6.20 Å². The summed E-state index contributed by atoms with van der Waals surface area (Å²) in [6.07, 6.45) is 1.47. The van der Waals surface area contributed by atoms with Crippen LogP contribution in [0.1, 0.15) is 6.92 Å². The van der Waals surface area contributed by atoms with E-state index >= 15 is 0 Å². The molecule has 1 aromatic heterocycles. The van der Waals surface area contributed by atoms with E-state index in [1.807, 2.05) is 0 Å². The second kappa shape index (κ2) is 6.10. The minimum atomic E-state index is 0.182. The Kier molecular flexibility index (Phi) is 5.08. The molecule has 0 spiro atoms. The molecule has 4 nitrogen and oxygen atoms in total. The number of rotatable bonds is 5. The molecule has 15 heavy (non-hydrogen) atoms. The number of ether oxygens (including phenoxy) is 1. The molecule has 1 unspecified atom stereocenters. The zero-order valence-corrected chi connectivity index (χ0v) is 10.1. The van der Waals surface area contributed by atoms with Crippen molar-refractivity contribution >= 4 is 29.0 Å². The molecule has 0 radical (unpaired) electrons. The Bertz CT molecular complexity index is 322. The van der Waals surface area contributed by atoms with Gasteiger partial charge in [-0.05, 0) is 17.5 Å².